The van der Waals surface area contributed by atoms with E-state index in [2.05, 4.69) is 4.98 Å². The topological polar surface area (TPSA) is 109 Å². The van der Waals surface area contributed by atoms with E-state index in [4.69, 9.17) is 9.94 Å². The number of methoxy groups -OCH3 is 1. The van der Waals surface area contributed by atoms with Gasteiger partial charge in [0.15, 0.2) is 0 Å². The standard InChI is InChI=1S/C24H25N3O5S/c1-17(2)27(33(30,31)22-9-7-21(32-3)8-10-22)20-6-4-5-19(15-20)23(16-24(28)26-29)18-11-13-25-14-12-18/h4-17,29H,1-3H3,(H,26,28). The summed E-state index contributed by atoms with van der Waals surface area (Å²) >= 11 is 0. The van der Waals surface area contributed by atoms with Crippen molar-refractivity contribution < 1.29 is 23.2 Å². The van der Waals surface area contributed by atoms with Gasteiger partial charge in [-0.1, -0.05) is 12.1 Å². The molecule has 9 heteroatoms. The molecule has 8 nitrogen and oxygen atoms in total. The first kappa shape index (κ1) is 24.0. The van der Waals surface area contributed by atoms with Crippen molar-refractivity contribution in [2.45, 2.75) is 24.8 Å². The van der Waals surface area contributed by atoms with E-state index in [1.54, 1.807) is 80.3 Å². The number of carbonyl (C=O) groups excluding carboxylic acids is 1. The van der Waals surface area contributed by atoms with E-state index >= 15 is 0 Å². The molecule has 1 amide bonds. The lowest BCUT2D eigenvalue weighted by Gasteiger charge is -2.29. The number of amides is 1. The molecular formula is C24H25N3O5S. The number of aromatic nitrogens is 1. The van der Waals surface area contributed by atoms with Crippen LogP contribution in [0.5, 0.6) is 5.75 Å². The second kappa shape index (κ2) is 10.3. The molecule has 0 unspecified atom stereocenters. The zero-order valence-electron chi connectivity index (χ0n) is 18.5. The first-order valence-corrected chi connectivity index (χ1v) is 11.6. The first-order chi connectivity index (χ1) is 15.8. The number of nitrogens with zero attached hydrogens (tertiary/aromatic N) is 2. The predicted octanol–water partition coefficient (Wildman–Crippen LogP) is 3.63. The van der Waals surface area contributed by atoms with Crippen molar-refractivity contribution in [1.29, 1.82) is 0 Å². The van der Waals surface area contributed by atoms with Crippen LogP contribution in [0.4, 0.5) is 5.69 Å². The highest BCUT2D eigenvalue weighted by molar-refractivity contribution is 7.92. The molecule has 0 fully saturated rings. The van der Waals surface area contributed by atoms with Crippen molar-refractivity contribution in [2.75, 3.05) is 11.4 Å². The summed E-state index contributed by atoms with van der Waals surface area (Å²) < 4.78 is 33.5. The van der Waals surface area contributed by atoms with Crippen LogP contribution < -0.4 is 14.5 Å². The van der Waals surface area contributed by atoms with Gasteiger partial charge in [0.1, 0.15) is 5.75 Å². The van der Waals surface area contributed by atoms with Gasteiger partial charge in [-0.05, 0) is 79.1 Å². The number of carbonyl (C=O) groups is 1. The Kier molecular flexibility index (Phi) is 7.47. The van der Waals surface area contributed by atoms with Crippen LogP contribution in [-0.4, -0.2) is 37.7 Å². The lowest BCUT2D eigenvalue weighted by Crippen LogP contribution is -2.37. The van der Waals surface area contributed by atoms with Crippen molar-refractivity contribution in [2.24, 2.45) is 0 Å². The Labute approximate surface area is 193 Å². The van der Waals surface area contributed by atoms with Gasteiger partial charge in [0.2, 0.25) is 0 Å². The van der Waals surface area contributed by atoms with E-state index in [-0.39, 0.29) is 10.9 Å². The molecule has 2 aromatic carbocycles. The molecule has 0 spiro atoms. The van der Waals surface area contributed by atoms with E-state index in [0.717, 1.165) is 0 Å². The van der Waals surface area contributed by atoms with Crippen molar-refractivity contribution in [1.82, 2.24) is 10.5 Å². The van der Waals surface area contributed by atoms with Crippen LogP contribution in [0, 0.1) is 0 Å². The molecule has 1 heterocycles. The van der Waals surface area contributed by atoms with E-state index in [1.807, 2.05) is 0 Å². The Hall–Kier alpha value is -3.69. The molecule has 0 atom stereocenters. The molecule has 2 N–H and O–H groups in total. The molecule has 0 aliphatic heterocycles. The predicted molar refractivity (Wildman–Crippen MR) is 125 cm³/mol. The number of pyridine rings is 1. The molecule has 3 aromatic rings. The number of sulfonamides is 1. The number of hydrogen-bond acceptors (Lipinski definition) is 6. The normalized spacial score (nSPS) is 11.8. The number of ether oxygens (including phenoxy) is 1. The van der Waals surface area contributed by atoms with Crippen molar-refractivity contribution in [3.05, 3.63) is 90.3 Å². The molecule has 0 saturated heterocycles. The zero-order chi connectivity index (χ0) is 24.0. The Bertz CT molecular complexity index is 1240. The average Bonchev–Trinajstić information content (AvgIpc) is 2.82. The zero-order valence-corrected chi connectivity index (χ0v) is 19.3. The maximum Gasteiger partial charge on any atom is 0.267 e. The largest absolute Gasteiger partial charge is 0.497 e. The second-order valence-electron chi connectivity index (χ2n) is 7.39. The van der Waals surface area contributed by atoms with Crippen LogP contribution in [0.25, 0.3) is 5.57 Å². The molecule has 172 valence electrons. The summed E-state index contributed by atoms with van der Waals surface area (Å²) in [4.78, 5) is 16.0. The monoisotopic (exact) mass is 467 g/mol. The lowest BCUT2D eigenvalue weighted by molar-refractivity contribution is -0.124. The molecule has 0 saturated carbocycles. The third-order valence-electron chi connectivity index (χ3n) is 4.87. The van der Waals surface area contributed by atoms with E-state index in [1.165, 1.54) is 29.6 Å². The van der Waals surface area contributed by atoms with E-state index in [9.17, 15) is 13.2 Å². The smallest absolute Gasteiger partial charge is 0.267 e. The van der Waals surface area contributed by atoms with Gasteiger partial charge in [-0.3, -0.25) is 19.3 Å². The maximum absolute atomic E-state index is 13.5. The Morgan fingerprint density at radius 2 is 1.73 bits per heavy atom. The molecule has 0 radical (unpaired) electrons. The van der Waals surface area contributed by atoms with Crippen LogP contribution in [-0.2, 0) is 14.8 Å². The van der Waals surface area contributed by atoms with Gasteiger partial charge >= 0.3 is 0 Å². The summed E-state index contributed by atoms with van der Waals surface area (Å²) in [5, 5.41) is 9.01. The molecule has 33 heavy (non-hydrogen) atoms. The van der Waals surface area contributed by atoms with Crippen LogP contribution in [0.1, 0.15) is 25.0 Å². The van der Waals surface area contributed by atoms with Crippen molar-refractivity contribution in [3.8, 4) is 5.75 Å². The minimum atomic E-state index is -3.88. The lowest BCUT2D eigenvalue weighted by atomic mass is 9.97. The summed E-state index contributed by atoms with van der Waals surface area (Å²) in [6, 6.07) is 16.1. The average molecular weight is 468 g/mol. The number of benzene rings is 2. The molecular weight excluding hydrogens is 442 g/mol. The highest BCUT2D eigenvalue weighted by Crippen LogP contribution is 2.31. The number of nitrogens with one attached hydrogen (secondary N) is 1. The van der Waals surface area contributed by atoms with Crippen LogP contribution >= 0.6 is 0 Å². The molecule has 1 aromatic heterocycles. The second-order valence-corrected chi connectivity index (χ2v) is 9.21. The van der Waals surface area contributed by atoms with Gasteiger partial charge in [-0.25, -0.2) is 13.9 Å². The first-order valence-electron chi connectivity index (χ1n) is 10.1. The third-order valence-corrected chi connectivity index (χ3v) is 6.89. The highest BCUT2D eigenvalue weighted by Gasteiger charge is 2.28. The highest BCUT2D eigenvalue weighted by atomic mass is 32.2. The molecule has 3 rings (SSSR count). The van der Waals surface area contributed by atoms with Crippen LogP contribution in [0.2, 0.25) is 0 Å². The van der Waals surface area contributed by atoms with E-state index < -0.39 is 15.9 Å². The quantitative estimate of drug-likeness (QED) is 0.298. The number of anilines is 1. The maximum atomic E-state index is 13.5. The summed E-state index contributed by atoms with van der Waals surface area (Å²) in [5.74, 6) is -0.153. The number of hydroxylamine groups is 1. The summed E-state index contributed by atoms with van der Waals surface area (Å²) in [6.45, 7) is 3.57. The van der Waals surface area contributed by atoms with Gasteiger partial charge < -0.3 is 4.74 Å². The minimum absolute atomic E-state index is 0.131. The van der Waals surface area contributed by atoms with Crippen LogP contribution in [0.15, 0.2) is 84.0 Å². The SMILES string of the molecule is COc1ccc(S(=O)(=O)N(c2cccc(C(=CC(=O)NO)c3ccncc3)c2)C(C)C)cc1. The fourth-order valence-corrected chi connectivity index (χ4v) is 5.07. The van der Waals surface area contributed by atoms with Crippen LogP contribution in [0.3, 0.4) is 0 Å². The third kappa shape index (κ3) is 5.39. The molecule has 0 aliphatic rings. The minimum Gasteiger partial charge on any atom is -0.497 e. The van der Waals surface area contributed by atoms with E-state index in [0.29, 0.717) is 28.1 Å². The summed E-state index contributed by atoms with van der Waals surface area (Å²) in [6.07, 6.45) is 4.41. The Balaban J connectivity index is 2.11. The van der Waals surface area contributed by atoms with Gasteiger partial charge in [0.25, 0.3) is 15.9 Å². The Morgan fingerprint density at radius 3 is 2.30 bits per heavy atom. The van der Waals surface area contributed by atoms with Gasteiger partial charge in [0.05, 0.1) is 17.7 Å². The fourth-order valence-electron chi connectivity index (χ4n) is 3.41. The summed E-state index contributed by atoms with van der Waals surface area (Å²) in [7, 11) is -2.37. The van der Waals surface area contributed by atoms with Crippen molar-refractivity contribution in [3.63, 3.8) is 0 Å². The number of hydrogen-bond donors (Lipinski definition) is 2. The summed E-state index contributed by atoms with van der Waals surface area (Å²) in [5.41, 5.74) is 3.80. The molecule has 0 aliphatic carbocycles. The van der Waals surface area contributed by atoms with Gasteiger partial charge in [0, 0.05) is 24.5 Å². The molecule has 0 bridgehead atoms. The fraction of sp³-hybridized carbons (Fsp3) is 0.167. The van der Waals surface area contributed by atoms with Gasteiger partial charge in [-0.15, -0.1) is 0 Å². The number of rotatable bonds is 8. The Morgan fingerprint density at radius 1 is 1.06 bits per heavy atom. The van der Waals surface area contributed by atoms with Gasteiger partial charge in [-0.2, -0.15) is 0 Å². The van der Waals surface area contributed by atoms with Crippen molar-refractivity contribution >= 4 is 27.2 Å².